The molecule has 0 fully saturated rings. The van der Waals surface area contributed by atoms with Crippen molar-refractivity contribution in [2.24, 2.45) is 5.92 Å². The highest BCUT2D eigenvalue weighted by Crippen LogP contribution is 2.27. The highest BCUT2D eigenvalue weighted by Gasteiger charge is 2.20. The van der Waals surface area contributed by atoms with Crippen molar-refractivity contribution in [1.29, 1.82) is 0 Å². The lowest BCUT2D eigenvalue weighted by Crippen LogP contribution is -2.30. The normalized spacial score (nSPS) is 10.8. The summed E-state index contributed by atoms with van der Waals surface area (Å²) in [7, 11) is 1.84. The number of carbonyl (C=O) groups is 1. The quantitative estimate of drug-likeness (QED) is 0.868. The smallest absolute Gasteiger partial charge is 0.265 e. The van der Waals surface area contributed by atoms with Crippen LogP contribution in [-0.4, -0.2) is 34.4 Å². The molecular weight excluding hydrogens is 270 g/mol. The zero-order valence-electron chi connectivity index (χ0n) is 12.3. The van der Waals surface area contributed by atoms with Gasteiger partial charge in [0.2, 0.25) is 0 Å². The number of nitrogens with zero attached hydrogens (tertiary/aromatic N) is 3. The second kappa shape index (κ2) is 6.13. The van der Waals surface area contributed by atoms with E-state index in [4.69, 9.17) is 0 Å². The number of amides is 1. The molecule has 2 aromatic rings. The zero-order valence-corrected chi connectivity index (χ0v) is 13.1. The fourth-order valence-electron chi connectivity index (χ4n) is 2.00. The topological polar surface area (TPSA) is 46.1 Å². The van der Waals surface area contributed by atoms with Crippen LogP contribution >= 0.6 is 11.3 Å². The van der Waals surface area contributed by atoms with E-state index in [0.29, 0.717) is 10.8 Å². The van der Waals surface area contributed by atoms with E-state index in [1.807, 2.05) is 32.2 Å². The Morgan fingerprint density at radius 2 is 2.15 bits per heavy atom. The number of thiazole rings is 1. The van der Waals surface area contributed by atoms with E-state index in [-0.39, 0.29) is 5.91 Å². The van der Waals surface area contributed by atoms with E-state index < -0.39 is 0 Å². The first-order valence-corrected chi connectivity index (χ1v) is 7.45. The van der Waals surface area contributed by atoms with Crippen LogP contribution in [0.15, 0.2) is 24.4 Å². The number of hydrogen-bond donors (Lipinski definition) is 0. The van der Waals surface area contributed by atoms with E-state index in [9.17, 15) is 4.79 Å². The molecule has 2 aromatic heterocycles. The minimum absolute atomic E-state index is 0.0379. The molecule has 0 atom stereocenters. The Morgan fingerprint density at radius 3 is 2.75 bits per heavy atom. The van der Waals surface area contributed by atoms with Crippen molar-refractivity contribution in [3.05, 3.63) is 35.0 Å². The van der Waals surface area contributed by atoms with Gasteiger partial charge in [-0.05, 0) is 25.0 Å². The van der Waals surface area contributed by atoms with Crippen molar-refractivity contribution in [2.45, 2.75) is 20.8 Å². The van der Waals surface area contributed by atoms with Crippen LogP contribution in [0.3, 0.4) is 0 Å². The standard InChI is InChI=1S/C15H19N3OS/c1-10(2)9-18(4)15(19)13-11(3)17-14(20-13)12-7-5-6-8-16-12/h5-8,10H,9H2,1-4H3. The number of pyridine rings is 1. The first kappa shape index (κ1) is 14.7. The second-order valence-electron chi connectivity index (χ2n) is 5.23. The molecule has 0 aromatic carbocycles. The van der Waals surface area contributed by atoms with Crippen molar-refractivity contribution in [3.8, 4) is 10.7 Å². The molecule has 0 aliphatic rings. The van der Waals surface area contributed by atoms with Crippen LogP contribution in [0.25, 0.3) is 10.7 Å². The number of rotatable bonds is 4. The molecule has 0 aliphatic heterocycles. The van der Waals surface area contributed by atoms with E-state index in [1.165, 1.54) is 11.3 Å². The molecule has 1 amide bonds. The SMILES string of the molecule is Cc1nc(-c2ccccn2)sc1C(=O)N(C)CC(C)C. The molecule has 0 unspecified atom stereocenters. The van der Waals surface area contributed by atoms with Gasteiger partial charge in [0, 0.05) is 19.8 Å². The maximum absolute atomic E-state index is 12.4. The summed E-state index contributed by atoms with van der Waals surface area (Å²) in [6.07, 6.45) is 1.73. The van der Waals surface area contributed by atoms with Crippen molar-refractivity contribution in [1.82, 2.24) is 14.9 Å². The van der Waals surface area contributed by atoms with Crippen molar-refractivity contribution in [3.63, 3.8) is 0 Å². The van der Waals surface area contributed by atoms with Gasteiger partial charge < -0.3 is 4.90 Å². The van der Waals surface area contributed by atoms with Gasteiger partial charge in [0.15, 0.2) is 0 Å². The second-order valence-corrected chi connectivity index (χ2v) is 6.23. The minimum Gasteiger partial charge on any atom is -0.341 e. The van der Waals surface area contributed by atoms with E-state index in [2.05, 4.69) is 23.8 Å². The van der Waals surface area contributed by atoms with Gasteiger partial charge in [-0.3, -0.25) is 9.78 Å². The molecule has 0 bridgehead atoms. The summed E-state index contributed by atoms with van der Waals surface area (Å²) in [6.45, 7) is 6.82. The van der Waals surface area contributed by atoms with Gasteiger partial charge in [0.1, 0.15) is 9.88 Å². The zero-order chi connectivity index (χ0) is 14.7. The van der Waals surface area contributed by atoms with Crippen molar-refractivity contribution >= 4 is 17.2 Å². The van der Waals surface area contributed by atoms with Gasteiger partial charge in [-0.15, -0.1) is 11.3 Å². The summed E-state index contributed by atoms with van der Waals surface area (Å²) in [6, 6.07) is 5.70. The summed E-state index contributed by atoms with van der Waals surface area (Å²) in [5, 5.41) is 0.796. The Labute approximate surface area is 123 Å². The Hall–Kier alpha value is -1.75. The summed E-state index contributed by atoms with van der Waals surface area (Å²) in [5.41, 5.74) is 1.59. The molecular formula is C15H19N3OS. The molecule has 0 spiro atoms. The van der Waals surface area contributed by atoms with Crippen LogP contribution < -0.4 is 0 Å². The Balaban J connectivity index is 2.26. The highest BCUT2D eigenvalue weighted by molar-refractivity contribution is 7.17. The fraction of sp³-hybridized carbons (Fsp3) is 0.400. The third-order valence-electron chi connectivity index (χ3n) is 2.86. The third-order valence-corrected chi connectivity index (χ3v) is 4.03. The lowest BCUT2D eigenvalue weighted by Gasteiger charge is -2.18. The van der Waals surface area contributed by atoms with E-state index >= 15 is 0 Å². The van der Waals surface area contributed by atoms with E-state index in [0.717, 1.165) is 22.9 Å². The maximum Gasteiger partial charge on any atom is 0.265 e. The average Bonchev–Trinajstić information content (AvgIpc) is 2.80. The minimum atomic E-state index is 0.0379. The van der Waals surface area contributed by atoms with Crippen LogP contribution in [0.1, 0.15) is 29.2 Å². The number of aromatic nitrogens is 2. The Morgan fingerprint density at radius 1 is 1.40 bits per heavy atom. The molecule has 0 aliphatic carbocycles. The van der Waals surface area contributed by atoms with Crippen molar-refractivity contribution in [2.75, 3.05) is 13.6 Å². The summed E-state index contributed by atoms with van der Waals surface area (Å²) < 4.78 is 0. The predicted molar refractivity (Wildman–Crippen MR) is 81.9 cm³/mol. The largest absolute Gasteiger partial charge is 0.341 e. The monoisotopic (exact) mass is 289 g/mol. The van der Waals surface area contributed by atoms with Crippen LogP contribution in [0.5, 0.6) is 0 Å². The predicted octanol–water partition coefficient (Wildman–Crippen LogP) is 3.24. The van der Waals surface area contributed by atoms with Gasteiger partial charge in [-0.25, -0.2) is 4.98 Å². The number of hydrogen-bond acceptors (Lipinski definition) is 4. The average molecular weight is 289 g/mol. The molecule has 0 saturated heterocycles. The molecule has 2 heterocycles. The van der Waals surface area contributed by atoms with E-state index in [1.54, 1.807) is 11.1 Å². The Bertz CT molecular complexity index is 592. The molecule has 0 radical (unpaired) electrons. The molecule has 5 heteroatoms. The molecule has 106 valence electrons. The highest BCUT2D eigenvalue weighted by atomic mass is 32.1. The summed E-state index contributed by atoms with van der Waals surface area (Å²) in [4.78, 5) is 23.6. The molecule has 0 N–H and O–H groups in total. The molecule has 2 rings (SSSR count). The van der Waals surface area contributed by atoms with Crippen LogP contribution in [0.2, 0.25) is 0 Å². The Kier molecular flexibility index (Phi) is 4.49. The lowest BCUT2D eigenvalue weighted by molar-refractivity contribution is 0.0783. The third kappa shape index (κ3) is 3.22. The summed E-state index contributed by atoms with van der Waals surface area (Å²) in [5.74, 6) is 0.489. The fourth-order valence-corrected chi connectivity index (χ4v) is 3.04. The van der Waals surface area contributed by atoms with Gasteiger partial charge in [0.05, 0.1) is 11.4 Å². The van der Waals surface area contributed by atoms with Gasteiger partial charge in [-0.1, -0.05) is 19.9 Å². The number of aryl methyl sites for hydroxylation is 1. The first-order valence-electron chi connectivity index (χ1n) is 6.63. The van der Waals surface area contributed by atoms with Gasteiger partial charge in [-0.2, -0.15) is 0 Å². The van der Waals surface area contributed by atoms with Crippen LogP contribution in [0.4, 0.5) is 0 Å². The van der Waals surface area contributed by atoms with Gasteiger partial charge in [0.25, 0.3) is 5.91 Å². The lowest BCUT2D eigenvalue weighted by atomic mass is 10.2. The van der Waals surface area contributed by atoms with Gasteiger partial charge >= 0.3 is 0 Å². The van der Waals surface area contributed by atoms with Crippen LogP contribution in [0, 0.1) is 12.8 Å². The number of carbonyl (C=O) groups excluding carboxylic acids is 1. The molecule has 20 heavy (non-hydrogen) atoms. The first-order chi connectivity index (χ1) is 9.49. The van der Waals surface area contributed by atoms with Crippen molar-refractivity contribution < 1.29 is 4.79 Å². The maximum atomic E-state index is 12.4. The van der Waals surface area contributed by atoms with Crippen LogP contribution in [-0.2, 0) is 0 Å². The molecule has 0 saturated carbocycles. The molecule has 4 nitrogen and oxygen atoms in total. The summed E-state index contributed by atoms with van der Waals surface area (Å²) >= 11 is 1.41.